The summed E-state index contributed by atoms with van der Waals surface area (Å²) >= 11 is 0. The average molecular weight is 250 g/mol. The minimum atomic E-state index is 0. The third-order valence-electron chi connectivity index (χ3n) is 0.283. The molecule has 0 saturated carbocycles. The summed E-state index contributed by atoms with van der Waals surface area (Å²) in [5.74, 6) is 0. The molecule has 38 valence electrons. The van der Waals surface area contributed by atoms with Crippen molar-refractivity contribution < 1.29 is 65.4 Å². The van der Waals surface area contributed by atoms with Crippen molar-refractivity contribution in [2.75, 3.05) is 20.8 Å². The monoisotopic (exact) mass is 250 g/mol. The van der Waals surface area contributed by atoms with Crippen LogP contribution in [0, 0.1) is 0 Å². The molecule has 0 atom stereocenters. The van der Waals surface area contributed by atoms with Gasteiger partial charge in [-0.05, 0) is 0 Å². The SMILES string of the molecule is C[N-]C[N-]C.[Y].[Y]. The molecular weight excluding hydrogens is 242 g/mol. The van der Waals surface area contributed by atoms with Crippen LogP contribution in [0.2, 0.25) is 0 Å². The summed E-state index contributed by atoms with van der Waals surface area (Å²) in [5, 5.41) is 7.38. The van der Waals surface area contributed by atoms with Crippen LogP contribution in [-0.2, 0) is 65.4 Å². The van der Waals surface area contributed by atoms with E-state index in [1.165, 1.54) is 0 Å². The van der Waals surface area contributed by atoms with Gasteiger partial charge < -0.3 is 10.6 Å². The summed E-state index contributed by atoms with van der Waals surface area (Å²) in [7, 11) is 3.49. The first-order chi connectivity index (χ1) is 2.41. The molecule has 0 unspecified atom stereocenters. The molecule has 2 nitrogen and oxygen atoms in total. The topological polar surface area (TPSA) is 28.2 Å². The molecule has 7 heavy (non-hydrogen) atoms. The Kier molecular flexibility index (Phi) is 36.0. The molecule has 0 aromatic heterocycles. The van der Waals surface area contributed by atoms with Crippen molar-refractivity contribution in [1.82, 2.24) is 0 Å². The fraction of sp³-hybridized carbons (Fsp3) is 1.00. The minimum Gasteiger partial charge on any atom is -0.683 e. The maximum atomic E-state index is 3.69. The van der Waals surface area contributed by atoms with Gasteiger partial charge in [-0.2, -0.15) is 14.1 Å². The third kappa shape index (κ3) is 17.9. The first-order valence-corrected chi connectivity index (χ1v) is 1.53. The molecule has 0 aromatic rings. The average Bonchev–Trinajstić information content (AvgIpc) is 1.41. The summed E-state index contributed by atoms with van der Waals surface area (Å²) in [6.07, 6.45) is 0. The van der Waals surface area contributed by atoms with Crippen LogP contribution in [0.4, 0.5) is 0 Å². The normalized spacial score (nSPS) is 6.00. The predicted octanol–water partition coefficient (Wildman–Crippen LogP) is 0.946. The van der Waals surface area contributed by atoms with Crippen LogP contribution in [-0.4, -0.2) is 20.8 Å². The summed E-state index contributed by atoms with van der Waals surface area (Å²) in [4.78, 5) is 0. The Morgan fingerprint density at radius 3 is 1.29 bits per heavy atom. The number of nitrogens with zero attached hydrogens (tertiary/aromatic N) is 2. The van der Waals surface area contributed by atoms with E-state index >= 15 is 0 Å². The molecule has 0 fully saturated rings. The van der Waals surface area contributed by atoms with Crippen molar-refractivity contribution in [3.63, 3.8) is 0 Å². The Morgan fingerprint density at radius 1 is 1.00 bits per heavy atom. The molecule has 0 aromatic carbocycles. The standard InChI is InChI=1S/C3H8N2.2Y/c1-4-3-5-2;;/h3H2,1-2H3;;/q-2;;. The van der Waals surface area contributed by atoms with E-state index in [9.17, 15) is 0 Å². The molecule has 4 heteroatoms. The summed E-state index contributed by atoms with van der Waals surface area (Å²) in [6, 6.07) is 0. The first-order valence-electron chi connectivity index (χ1n) is 1.53. The van der Waals surface area contributed by atoms with Crippen LogP contribution in [0.25, 0.3) is 10.6 Å². The summed E-state index contributed by atoms with van der Waals surface area (Å²) in [6.45, 7) is 0.639. The van der Waals surface area contributed by atoms with Gasteiger partial charge in [0.1, 0.15) is 0 Å². The van der Waals surface area contributed by atoms with Gasteiger partial charge in [-0.1, -0.05) is 0 Å². The second kappa shape index (κ2) is 15.7. The van der Waals surface area contributed by atoms with Gasteiger partial charge in [0.15, 0.2) is 0 Å². The second-order valence-corrected chi connectivity index (χ2v) is 0.774. The summed E-state index contributed by atoms with van der Waals surface area (Å²) < 4.78 is 0. The van der Waals surface area contributed by atoms with Crippen LogP contribution in [0.5, 0.6) is 0 Å². The molecule has 2 radical (unpaired) electrons. The Labute approximate surface area is 95.3 Å². The molecule has 0 heterocycles. The zero-order valence-electron chi connectivity index (χ0n) is 4.76. The number of hydrogen-bond donors (Lipinski definition) is 0. The van der Waals surface area contributed by atoms with E-state index in [0.29, 0.717) is 6.67 Å². The van der Waals surface area contributed by atoms with E-state index in [2.05, 4.69) is 10.6 Å². The van der Waals surface area contributed by atoms with Gasteiger partial charge in [0.2, 0.25) is 0 Å². The predicted molar refractivity (Wildman–Crippen MR) is 23.4 cm³/mol. The third-order valence-corrected chi connectivity index (χ3v) is 0.283. The number of hydrogen-bond acceptors (Lipinski definition) is 0. The molecule has 0 N–H and O–H groups in total. The minimum absolute atomic E-state index is 0. The van der Waals surface area contributed by atoms with Gasteiger partial charge >= 0.3 is 0 Å². The molecule has 0 bridgehead atoms. The van der Waals surface area contributed by atoms with Gasteiger partial charge in [0.05, 0.1) is 0 Å². The van der Waals surface area contributed by atoms with Crippen molar-refractivity contribution in [1.29, 1.82) is 0 Å². The molecule has 0 saturated heterocycles. The van der Waals surface area contributed by atoms with E-state index in [1.807, 2.05) is 0 Å². The van der Waals surface area contributed by atoms with Crippen molar-refractivity contribution in [2.45, 2.75) is 0 Å². The molecule has 0 aliphatic carbocycles. The van der Waals surface area contributed by atoms with Gasteiger partial charge in [-0.3, -0.25) is 6.67 Å². The van der Waals surface area contributed by atoms with Gasteiger partial charge in [-0.15, -0.1) is 0 Å². The smallest absolute Gasteiger partial charge is 0 e. The van der Waals surface area contributed by atoms with Gasteiger partial charge in [0.25, 0.3) is 0 Å². The fourth-order valence-corrected chi connectivity index (χ4v) is 0.141. The number of rotatable bonds is 2. The second-order valence-electron chi connectivity index (χ2n) is 0.774. The van der Waals surface area contributed by atoms with E-state index in [0.717, 1.165) is 0 Å². The fourth-order valence-electron chi connectivity index (χ4n) is 0.141. The Hall–Kier alpha value is 2.13. The van der Waals surface area contributed by atoms with E-state index in [4.69, 9.17) is 0 Å². The van der Waals surface area contributed by atoms with Crippen LogP contribution < -0.4 is 0 Å². The Balaban J connectivity index is -0.0000000800. The van der Waals surface area contributed by atoms with E-state index in [-0.39, 0.29) is 65.4 Å². The van der Waals surface area contributed by atoms with Crippen molar-refractivity contribution in [3.8, 4) is 0 Å². The largest absolute Gasteiger partial charge is 0.683 e. The first kappa shape index (κ1) is 16.1. The van der Waals surface area contributed by atoms with Crippen molar-refractivity contribution in [2.24, 2.45) is 0 Å². The molecule has 0 amide bonds. The van der Waals surface area contributed by atoms with Crippen LogP contribution in [0.1, 0.15) is 0 Å². The summed E-state index contributed by atoms with van der Waals surface area (Å²) in [5.41, 5.74) is 0. The van der Waals surface area contributed by atoms with Gasteiger partial charge in [0, 0.05) is 65.4 Å². The Morgan fingerprint density at radius 2 is 1.29 bits per heavy atom. The van der Waals surface area contributed by atoms with Crippen LogP contribution >= 0.6 is 0 Å². The molecule has 0 rings (SSSR count). The van der Waals surface area contributed by atoms with Crippen LogP contribution in [0.15, 0.2) is 0 Å². The van der Waals surface area contributed by atoms with Crippen molar-refractivity contribution in [3.05, 3.63) is 10.6 Å². The van der Waals surface area contributed by atoms with E-state index in [1.54, 1.807) is 14.1 Å². The molecular formula is C3H8N2Y2-2. The Bertz CT molecular complexity index is 18.4. The molecule has 0 spiro atoms. The van der Waals surface area contributed by atoms with Gasteiger partial charge in [-0.25, -0.2) is 0 Å². The van der Waals surface area contributed by atoms with Crippen LogP contribution in [0.3, 0.4) is 0 Å². The zero-order chi connectivity index (χ0) is 4.12. The molecule has 0 aliphatic rings. The van der Waals surface area contributed by atoms with E-state index < -0.39 is 0 Å². The zero-order valence-corrected chi connectivity index (χ0v) is 10.4. The maximum absolute atomic E-state index is 3.69. The quantitative estimate of drug-likeness (QED) is 0.697. The van der Waals surface area contributed by atoms with Crippen molar-refractivity contribution >= 4 is 0 Å². The molecule has 0 aliphatic heterocycles. The maximum Gasteiger partial charge on any atom is 0 e.